The quantitative estimate of drug-likeness (QED) is 0.794. The molecular weight excluding hydrogens is 266 g/mol. The van der Waals surface area contributed by atoms with Gasteiger partial charge in [-0.3, -0.25) is 0 Å². The van der Waals surface area contributed by atoms with Crippen LogP contribution in [0.25, 0.3) is 0 Å². The standard InChI is InChI=1S/C17H27NO3/c1-14(8-15-4-6-16(20-3)7-5-15)9-18(2)10-17(11-19)12-21-13-17/h4-7,14,19H,8-13H2,1-3H3. The fraction of sp³-hybridized carbons (Fsp3) is 0.647. The molecule has 0 amide bonds. The fourth-order valence-electron chi connectivity index (χ4n) is 3.02. The third kappa shape index (κ3) is 4.43. The number of benzene rings is 1. The average Bonchev–Trinajstić information content (AvgIpc) is 2.43. The lowest BCUT2D eigenvalue weighted by Gasteiger charge is -2.42. The van der Waals surface area contributed by atoms with Crippen molar-refractivity contribution in [1.82, 2.24) is 4.90 Å². The van der Waals surface area contributed by atoms with E-state index in [1.54, 1.807) is 7.11 Å². The summed E-state index contributed by atoms with van der Waals surface area (Å²) in [4.78, 5) is 2.31. The second-order valence-corrected chi connectivity index (χ2v) is 6.51. The van der Waals surface area contributed by atoms with Crippen molar-refractivity contribution in [2.45, 2.75) is 13.3 Å². The number of rotatable bonds is 8. The Morgan fingerprint density at radius 2 is 2.00 bits per heavy atom. The number of hydrogen-bond donors (Lipinski definition) is 1. The van der Waals surface area contributed by atoms with Crippen LogP contribution in [0.5, 0.6) is 5.75 Å². The van der Waals surface area contributed by atoms with Crippen LogP contribution in [0.4, 0.5) is 0 Å². The predicted molar refractivity (Wildman–Crippen MR) is 83.7 cm³/mol. The summed E-state index contributed by atoms with van der Waals surface area (Å²) >= 11 is 0. The van der Waals surface area contributed by atoms with Crippen molar-refractivity contribution < 1.29 is 14.6 Å². The monoisotopic (exact) mass is 293 g/mol. The van der Waals surface area contributed by atoms with Crippen LogP contribution in [-0.4, -0.2) is 57.1 Å². The van der Waals surface area contributed by atoms with Crippen molar-refractivity contribution in [2.24, 2.45) is 11.3 Å². The summed E-state index contributed by atoms with van der Waals surface area (Å²) < 4.78 is 10.4. The normalized spacial score (nSPS) is 18.3. The Bertz CT molecular complexity index is 423. The number of aliphatic hydroxyl groups excluding tert-OH is 1. The summed E-state index contributed by atoms with van der Waals surface area (Å²) in [6, 6.07) is 8.28. The molecule has 2 rings (SSSR count). The topological polar surface area (TPSA) is 41.9 Å². The lowest BCUT2D eigenvalue weighted by Crippen LogP contribution is -2.53. The summed E-state index contributed by atoms with van der Waals surface area (Å²) in [5.74, 6) is 1.47. The highest BCUT2D eigenvalue weighted by atomic mass is 16.5. The van der Waals surface area contributed by atoms with Crippen molar-refractivity contribution in [3.63, 3.8) is 0 Å². The van der Waals surface area contributed by atoms with E-state index in [1.165, 1.54) is 5.56 Å². The van der Waals surface area contributed by atoms with Gasteiger partial charge in [-0.1, -0.05) is 19.1 Å². The first-order valence-electron chi connectivity index (χ1n) is 7.57. The van der Waals surface area contributed by atoms with E-state index in [0.29, 0.717) is 19.1 Å². The Hall–Kier alpha value is -1.10. The van der Waals surface area contributed by atoms with E-state index < -0.39 is 0 Å². The third-order valence-electron chi connectivity index (χ3n) is 4.12. The Labute approximate surface area is 127 Å². The molecule has 21 heavy (non-hydrogen) atoms. The van der Waals surface area contributed by atoms with E-state index in [-0.39, 0.29) is 12.0 Å². The molecule has 4 nitrogen and oxygen atoms in total. The zero-order valence-electron chi connectivity index (χ0n) is 13.3. The Morgan fingerprint density at radius 3 is 2.48 bits per heavy atom. The molecule has 1 aliphatic heterocycles. The summed E-state index contributed by atoms with van der Waals surface area (Å²) in [6.45, 7) is 5.76. The zero-order valence-corrected chi connectivity index (χ0v) is 13.3. The molecule has 1 atom stereocenters. The maximum absolute atomic E-state index is 9.49. The number of nitrogens with zero attached hydrogens (tertiary/aromatic N) is 1. The summed E-state index contributed by atoms with van der Waals surface area (Å²) in [5.41, 5.74) is 1.30. The van der Waals surface area contributed by atoms with Crippen molar-refractivity contribution in [3.05, 3.63) is 29.8 Å². The highest BCUT2D eigenvalue weighted by Gasteiger charge is 2.38. The van der Waals surface area contributed by atoms with E-state index in [4.69, 9.17) is 9.47 Å². The van der Waals surface area contributed by atoms with Crippen molar-refractivity contribution >= 4 is 0 Å². The van der Waals surface area contributed by atoms with E-state index in [9.17, 15) is 5.11 Å². The molecule has 0 aromatic heterocycles. The van der Waals surface area contributed by atoms with Gasteiger partial charge in [0.2, 0.25) is 0 Å². The van der Waals surface area contributed by atoms with Crippen LogP contribution in [0.2, 0.25) is 0 Å². The van der Waals surface area contributed by atoms with Gasteiger partial charge in [0, 0.05) is 13.1 Å². The third-order valence-corrected chi connectivity index (χ3v) is 4.12. The minimum Gasteiger partial charge on any atom is -0.497 e. The van der Waals surface area contributed by atoms with Crippen LogP contribution >= 0.6 is 0 Å². The lowest BCUT2D eigenvalue weighted by atomic mass is 9.86. The molecule has 0 aliphatic carbocycles. The summed E-state index contributed by atoms with van der Waals surface area (Å²) in [6.07, 6.45) is 1.05. The molecule has 4 heteroatoms. The molecule has 1 saturated heterocycles. The second-order valence-electron chi connectivity index (χ2n) is 6.51. The van der Waals surface area contributed by atoms with Gasteiger partial charge in [0.15, 0.2) is 0 Å². The highest BCUT2D eigenvalue weighted by molar-refractivity contribution is 5.27. The van der Waals surface area contributed by atoms with E-state index >= 15 is 0 Å². The van der Waals surface area contributed by atoms with Crippen molar-refractivity contribution in [2.75, 3.05) is 47.1 Å². The molecule has 0 bridgehead atoms. The summed E-state index contributed by atoms with van der Waals surface area (Å²) in [5, 5.41) is 9.49. The molecule has 0 radical (unpaired) electrons. The van der Waals surface area contributed by atoms with Gasteiger partial charge in [-0.2, -0.15) is 0 Å². The maximum Gasteiger partial charge on any atom is 0.118 e. The van der Waals surface area contributed by atoms with Crippen molar-refractivity contribution in [1.29, 1.82) is 0 Å². The van der Waals surface area contributed by atoms with Gasteiger partial charge in [-0.25, -0.2) is 0 Å². The molecule has 1 aromatic rings. The van der Waals surface area contributed by atoms with Gasteiger partial charge in [-0.15, -0.1) is 0 Å². The molecule has 118 valence electrons. The molecule has 1 fully saturated rings. The SMILES string of the molecule is COc1ccc(CC(C)CN(C)CC2(CO)COC2)cc1. The molecule has 0 spiro atoms. The molecule has 0 saturated carbocycles. The van der Waals surface area contributed by atoms with Gasteiger partial charge in [0.25, 0.3) is 0 Å². The molecule has 1 N–H and O–H groups in total. The van der Waals surface area contributed by atoms with Crippen LogP contribution < -0.4 is 4.74 Å². The van der Waals surface area contributed by atoms with E-state index in [0.717, 1.165) is 25.3 Å². The van der Waals surface area contributed by atoms with Crippen LogP contribution in [-0.2, 0) is 11.2 Å². The highest BCUT2D eigenvalue weighted by Crippen LogP contribution is 2.27. The lowest BCUT2D eigenvalue weighted by molar-refractivity contribution is -0.146. The number of hydrogen-bond acceptors (Lipinski definition) is 4. The minimum atomic E-state index is -0.0332. The largest absolute Gasteiger partial charge is 0.497 e. The number of ether oxygens (including phenoxy) is 2. The van der Waals surface area contributed by atoms with Crippen LogP contribution in [0.15, 0.2) is 24.3 Å². The first-order valence-corrected chi connectivity index (χ1v) is 7.57. The molecule has 1 aliphatic rings. The Morgan fingerprint density at radius 1 is 1.33 bits per heavy atom. The first kappa shape index (κ1) is 16.3. The predicted octanol–water partition coefficient (Wildman–Crippen LogP) is 1.81. The molecule has 1 heterocycles. The van der Waals surface area contributed by atoms with Crippen LogP contribution in [0, 0.1) is 11.3 Å². The van der Waals surface area contributed by atoms with Gasteiger partial charge >= 0.3 is 0 Å². The van der Waals surface area contributed by atoms with Crippen LogP contribution in [0.1, 0.15) is 12.5 Å². The van der Waals surface area contributed by atoms with Gasteiger partial charge in [-0.05, 0) is 37.1 Å². The van der Waals surface area contributed by atoms with E-state index in [1.807, 2.05) is 12.1 Å². The minimum absolute atomic E-state index is 0.0332. The average molecular weight is 293 g/mol. The molecular formula is C17H27NO3. The first-order chi connectivity index (χ1) is 10.1. The van der Waals surface area contributed by atoms with Gasteiger partial charge in [0.05, 0.1) is 32.3 Å². The smallest absolute Gasteiger partial charge is 0.118 e. The number of methoxy groups -OCH3 is 1. The molecule has 1 unspecified atom stereocenters. The second kappa shape index (κ2) is 7.25. The fourth-order valence-corrected chi connectivity index (χ4v) is 3.02. The van der Waals surface area contributed by atoms with Crippen molar-refractivity contribution in [3.8, 4) is 5.75 Å². The zero-order chi connectivity index (χ0) is 15.3. The Kier molecular flexibility index (Phi) is 5.62. The van der Waals surface area contributed by atoms with Crippen LogP contribution in [0.3, 0.4) is 0 Å². The van der Waals surface area contributed by atoms with E-state index in [2.05, 4.69) is 31.0 Å². The molecule has 1 aromatic carbocycles. The van der Waals surface area contributed by atoms with Gasteiger partial charge in [0.1, 0.15) is 5.75 Å². The number of aliphatic hydroxyl groups is 1. The summed E-state index contributed by atoms with van der Waals surface area (Å²) in [7, 11) is 3.81. The van der Waals surface area contributed by atoms with Gasteiger partial charge < -0.3 is 19.5 Å². The maximum atomic E-state index is 9.49. The Balaban J connectivity index is 1.78.